The molecule has 0 unspecified atom stereocenters. The van der Waals surface area contributed by atoms with Gasteiger partial charge in [-0.05, 0) is 31.0 Å². The normalized spacial score (nSPS) is 13.3. The van der Waals surface area contributed by atoms with Gasteiger partial charge in [0.15, 0.2) is 6.61 Å². The molecule has 1 aliphatic rings. The second-order valence-corrected chi connectivity index (χ2v) is 6.21. The van der Waals surface area contributed by atoms with Gasteiger partial charge in [-0.2, -0.15) is 0 Å². The number of carbonyl (C=O) groups is 3. The van der Waals surface area contributed by atoms with Gasteiger partial charge in [-0.25, -0.2) is 9.18 Å². The third kappa shape index (κ3) is 5.31. The van der Waals surface area contributed by atoms with E-state index < -0.39 is 24.3 Å². The molecule has 0 spiro atoms. The van der Waals surface area contributed by atoms with Crippen LogP contribution in [0, 0.1) is 5.82 Å². The van der Waals surface area contributed by atoms with E-state index in [1.54, 1.807) is 0 Å². The Labute approximate surface area is 141 Å². The molecule has 1 N–H and O–H groups in total. The molecular formula is C15H16BrFN2O4. The van der Waals surface area contributed by atoms with Gasteiger partial charge in [-0.1, -0.05) is 15.9 Å². The van der Waals surface area contributed by atoms with Crippen molar-refractivity contribution in [2.75, 3.05) is 20.2 Å². The maximum atomic E-state index is 13.5. The van der Waals surface area contributed by atoms with E-state index in [2.05, 4.69) is 21.2 Å². The lowest BCUT2D eigenvalue weighted by atomic mass is 10.2. The smallest absolute Gasteiger partial charge is 0.341 e. The summed E-state index contributed by atoms with van der Waals surface area (Å²) in [6, 6.07) is 4.05. The Morgan fingerprint density at radius 2 is 2.09 bits per heavy atom. The van der Waals surface area contributed by atoms with E-state index in [-0.39, 0.29) is 24.1 Å². The van der Waals surface area contributed by atoms with Crippen LogP contribution in [0.1, 0.15) is 23.2 Å². The van der Waals surface area contributed by atoms with E-state index in [4.69, 9.17) is 4.74 Å². The first-order valence-corrected chi connectivity index (χ1v) is 7.81. The number of benzene rings is 1. The van der Waals surface area contributed by atoms with Gasteiger partial charge in [0.1, 0.15) is 5.82 Å². The van der Waals surface area contributed by atoms with E-state index in [1.165, 1.54) is 19.2 Å². The van der Waals surface area contributed by atoms with E-state index in [0.29, 0.717) is 4.47 Å². The molecule has 8 heteroatoms. The highest BCUT2D eigenvalue weighted by Gasteiger charge is 2.24. The topological polar surface area (TPSA) is 75.7 Å². The van der Waals surface area contributed by atoms with Gasteiger partial charge in [-0.3, -0.25) is 9.59 Å². The molecule has 0 heterocycles. The molecule has 1 fully saturated rings. The highest BCUT2D eigenvalue weighted by Crippen LogP contribution is 2.18. The lowest BCUT2D eigenvalue weighted by molar-refractivity contribution is -0.137. The molecule has 0 saturated heterocycles. The number of nitrogens with zero attached hydrogens (tertiary/aromatic N) is 1. The van der Waals surface area contributed by atoms with Crippen molar-refractivity contribution in [3.63, 3.8) is 0 Å². The quantitative estimate of drug-likeness (QED) is 0.751. The van der Waals surface area contributed by atoms with Gasteiger partial charge in [0, 0.05) is 17.6 Å². The van der Waals surface area contributed by atoms with Crippen LogP contribution in [0.25, 0.3) is 0 Å². The maximum absolute atomic E-state index is 13.5. The van der Waals surface area contributed by atoms with Crippen LogP contribution in [0.15, 0.2) is 22.7 Å². The molecule has 124 valence electrons. The van der Waals surface area contributed by atoms with Crippen LogP contribution in [0.5, 0.6) is 0 Å². The summed E-state index contributed by atoms with van der Waals surface area (Å²) in [5.74, 6) is -2.47. The zero-order valence-corrected chi connectivity index (χ0v) is 14.1. The van der Waals surface area contributed by atoms with Crippen LogP contribution < -0.4 is 5.32 Å². The van der Waals surface area contributed by atoms with Gasteiger partial charge in [0.25, 0.3) is 5.91 Å². The van der Waals surface area contributed by atoms with Crippen molar-refractivity contribution in [2.45, 2.75) is 18.9 Å². The highest BCUT2D eigenvalue weighted by molar-refractivity contribution is 9.10. The molecule has 1 aromatic carbocycles. The minimum absolute atomic E-state index is 0.113. The van der Waals surface area contributed by atoms with Crippen molar-refractivity contribution in [3.8, 4) is 0 Å². The van der Waals surface area contributed by atoms with Crippen LogP contribution in [-0.4, -0.2) is 48.9 Å². The van der Waals surface area contributed by atoms with Crippen molar-refractivity contribution in [1.82, 2.24) is 10.2 Å². The molecule has 1 saturated carbocycles. The number of ether oxygens (including phenoxy) is 1. The summed E-state index contributed by atoms with van der Waals surface area (Å²) in [4.78, 5) is 36.4. The number of carbonyl (C=O) groups excluding carboxylic acids is 3. The monoisotopic (exact) mass is 386 g/mol. The number of hydrogen-bond donors (Lipinski definition) is 1. The third-order valence-electron chi connectivity index (χ3n) is 3.22. The van der Waals surface area contributed by atoms with Crippen molar-refractivity contribution in [3.05, 3.63) is 34.1 Å². The largest absolute Gasteiger partial charge is 0.452 e. The number of halogens is 2. The molecule has 6 nitrogen and oxygen atoms in total. The summed E-state index contributed by atoms with van der Waals surface area (Å²) in [5, 5.41) is 2.75. The Kier molecular flexibility index (Phi) is 5.70. The zero-order chi connectivity index (χ0) is 17.0. The summed E-state index contributed by atoms with van der Waals surface area (Å²) >= 11 is 3.13. The minimum atomic E-state index is -0.937. The molecular weight excluding hydrogens is 371 g/mol. The summed E-state index contributed by atoms with van der Waals surface area (Å²) in [6.45, 7) is -0.671. The Balaban J connectivity index is 1.81. The first kappa shape index (κ1) is 17.4. The number of likely N-dealkylation sites (N-methyl/N-ethyl adjacent to an activating group) is 1. The van der Waals surface area contributed by atoms with Crippen molar-refractivity contribution in [1.29, 1.82) is 0 Å². The molecule has 0 aliphatic heterocycles. The fraction of sp³-hybridized carbons (Fsp3) is 0.400. The van der Waals surface area contributed by atoms with Crippen molar-refractivity contribution >= 4 is 33.7 Å². The second kappa shape index (κ2) is 7.54. The average Bonchev–Trinajstić information content (AvgIpc) is 3.30. The Hall–Kier alpha value is -1.96. The SMILES string of the molecule is CN(CC(=O)NC1CC1)C(=O)COC(=O)c1cc(Br)ccc1F. The fourth-order valence-corrected chi connectivity index (χ4v) is 2.13. The van der Waals surface area contributed by atoms with Gasteiger partial charge in [-0.15, -0.1) is 0 Å². The van der Waals surface area contributed by atoms with Gasteiger partial charge < -0.3 is 15.0 Å². The number of nitrogens with one attached hydrogen (secondary N) is 1. The summed E-state index contributed by atoms with van der Waals surface area (Å²) in [6.07, 6.45) is 1.92. The highest BCUT2D eigenvalue weighted by atomic mass is 79.9. The van der Waals surface area contributed by atoms with Crippen LogP contribution in [0.3, 0.4) is 0 Å². The Morgan fingerprint density at radius 3 is 2.74 bits per heavy atom. The predicted octanol–water partition coefficient (Wildman–Crippen LogP) is 1.48. The molecule has 23 heavy (non-hydrogen) atoms. The lowest BCUT2D eigenvalue weighted by Gasteiger charge is -2.16. The summed E-state index contributed by atoms with van der Waals surface area (Å²) in [7, 11) is 1.43. The van der Waals surface area contributed by atoms with E-state index in [0.717, 1.165) is 23.8 Å². The van der Waals surface area contributed by atoms with E-state index in [9.17, 15) is 18.8 Å². The van der Waals surface area contributed by atoms with Crippen molar-refractivity contribution in [2.24, 2.45) is 0 Å². The Bertz CT molecular complexity index is 634. The average molecular weight is 387 g/mol. The van der Waals surface area contributed by atoms with Crippen LogP contribution in [0.4, 0.5) is 4.39 Å². The molecule has 0 atom stereocenters. The van der Waals surface area contributed by atoms with Crippen LogP contribution in [0.2, 0.25) is 0 Å². The van der Waals surface area contributed by atoms with Crippen LogP contribution >= 0.6 is 15.9 Å². The number of esters is 1. The number of rotatable bonds is 6. The van der Waals surface area contributed by atoms with E-state index in [1.807, 2.05) is 0 Å². The zero-order valence-electron chi connectivity index (χ0n) is 12.5. The molecule has 1 aliphatic carbocycles. The van der Waals surface area contributed by atoms with Gasteiger partial charge in [0.05, 0.1) is 12.1 Å². The van der Waals surface area contributed by atoms with E-state index >= 15 is 0 Å². The second-order valence-electron chi connectivity index (χ2n) is 5.29. The summed E-state index contributed by atoms with van der Waals surface area (Å²) in [5.41, 5.74) is -0.263. The van der Waals surface area contributed by atoms with Gasteiger partial charge in [0.2, 0.25) is 5.91 Å². The van der Waals surface area contributed by atoms with Crippen molar-refractivity contribution < 1.29 is 23.5 Å². The molecule has 0 aromatic heterocycles. The fourth-order valence-electron chi connectivity index (χ4n) is 1.77. The molecule has 2 amide bonds. The summed E-state index contributed by atoms with van der Waals surface area (Å²) < 4.78 is 18.9. The van der Waals surface area contributed by atoms with Gasteiger partial charge >= 0.3 is 5.97 Å². The molecule has 0 radical (unpaired) electrons. The molecule has 0 bridgehead atoms. The first-order chi connectivity index (χ1) is 10.9. The molecule has 2 rings (SSSR count). The Morgan fingerprint density at radius 1 is 1.39 bits per heavy atom. The van der Waals surface area contributed by atoms with Crippen LogP contribution in [-0.2, 0) is 14.3 Å². The minimum Gasteiger partial charge on any atom is -0.452 e. The number of amides is 2. The predicted molar refractivity (Wildman–Crippen MR) is 83.2 cm³/mol. The standard InChI is InChI=1S/C15H16BrFN2O4/c1-19(7-13(20)18-10-3-4-10)14(21)8-23-15(22)11-6-9(16)2-5-12(11)17/h2,5-6,10H,3-4,7-8H2,1H3,(H,18,20). The number of hydrogen-bond acceptors (Lipinski definition) is 4. The maximum Gasteiger partial charge on any atom is 0.341 e. The lowest BCUT2D eigenvalue weighted by Crippen LogP contribution is -2.40. The third-order valence-corrected chi connectivity index (χ3v) is 3.72. The molecule has 1 aromatic rings. The first-order valence-electron chi connectivity index (χ1n) is 7.02.